The molecule has 0 unspecified atom stereocenters. The van der Waals surface area contributed by atoms with Crippen LogP contribution in [0.1, 0.15) is 20.7 Å². The molecule has 160 valence electrons. The van der Waals surface area contributed by atoms with Crippen molar-refractivity contribution < 1.29 is 27.5 Å². The van der Waals surface area contributed by atoms with Crippen molar-refractivity contribution in [2.75, 3.05) is 24.3 Å². The smallest absolute Gasteiger partial charge is 0.337 e. The molecule has 0 aliphatic carbocycles. The summed E-state index contributed by atoms with van der Waals surface area (Å²) in [6.07, 6.45) is 0. The first-order chi connectivity index (χ1) is 14.8. The fourth-order valence-electron chi connectivity index (χ4n) is 2.70. The number of nitrogens with one attached hydrogen (secondary N) is 2. The minimum absolute atomic E-state index is 0.0839. The highest BCUT2D eigenvalue weighted by atomic mass is 32.2. The van der Waals surface area contributed by atoms with Gasteiger partial charge in [0.05, 0.1) is 24.7 Å². The highest BCUT2D eigenvalue weighted by Gasteiger charge is 2.15. The van der Waals surface area contributed by atoms with Crippen molar-refractivity contribution in [1.29, 1.82) is 0 Å². The highest BCUT2D eigenvalue weighted by molar-refractivity contribution is 7.92. The van der Waals surface area contributed by atoms with E-state index in [-0.39, 0.29) is 4.90 Å². The number of anilines is 2. The van der Waals surface area contributed by atoms with Crippen LogP contribution in [0.25, 0.3) is 0 Å². The molecule has 0 fully saturated rings. The molecule has 31 heavy (non-hydrogen) atoms. The first kappa shape index (κ1) is 21.8. The number of hydrogen-bond donors (Lipinski definition) is 2. The van der Waals surface area contributed by atoms with Crippen LogP contribution in [-0.2, 0) is 14.8 Å². The topological polar surface area (TPSA) is 111 Å². The quantitative estimate of drug-likeness (QED) is 0.544. The molecule has 0 radical (unpaired) electrons. The predicted octanol–water partition coefficient (Wildman–Crippen LogP) is 3.53. The SMILES string of the molecule is COC(=O)c1cccc(NC(=O)c2ccc(NS(=O)(=O)c3ccc(OC)cc3)cc2)c1. The van der Waals surface area contributed by atoms with Crippen molar-refractivity contribution in [1.82, 2.24) is 0 Å². The summed E-state index contributed by atoms with van der Waals surface area (Å²) in [5.41, 5.74) is 1.36. The Kier molecular flexibility index (Phi) is 6.56. The first-order valence-electron chi connectivity index (χ1n) is 9.09. The Labute approximate surface area is 179 Å². The van der Waals surface area contributed by atoms with E-state index >= 15 is 0 Å². The monoisotopic (exact) mass is 440 g/mol. The molecule has 9 heteroatoms. The Morgan fingerprint density at radius 2 is 1.48 bits per heavy atom. The standard InChI is InChI=1S/C22H20N2O6S/c1-29-19-10-12-20(13-11-19)31(27,28)24-17-8-6-15(7-9-17)21(25)23-18-5-3-4-16(14-18)22(26)30-2/h3-14,24H,1-2H3,(H,23,25). The molecule has 8 nitrogen and oxygen atoms in total. The molecule has 2 N–H and O–H groups in total. The van der Waals surface area contributed by atoms with E-state index in [9.17, 15) is 18.0 Å². The summed E-state index contributed by atoms with van der Waals surface area (Å²) >= 11 is 0. The van der Waals surface area contributed by atoms with Gasteiger partial charge in [-0.05, 0) is 66.7 Å². The van der Waals surface area contributed by atoms with Crippen LogP contribution in [-0.4, -0.2) is 34.5 Å². The molecule has 0 bridgehead atoms. The van der Waals surface area contributed by atoms with Crippen LogP contribution in [0.4, 0.5) is 11.4 Å². The number of rotatable bonds is 7. The van der Waals surface area contributed by atoms with E-state index in [1.807, 2.05) is 0 Å². The molecular weight excluding hydrogens is 420 g/mol. The normalized spacial score (nSPS) is 10.8. The van der Waals surface area contributed by atoms with Gasteiger partial charge in [-0.2, -0.15) is 0 Å². The lowest BCUT2D eigenvalue weighted by molar-refractivity contribution is 0.0600. The maximum Gasteiger partial charge on any atom is 0.337 e. The van der Waals surface area contributed by atoms with Gasteiger partial charge in [-0.15, -0.1) is 0 Å². The van der Waals surface area contributed by atoms with E-state index in [0.29, 0.717) is 28.3 Å². The summed E-state index contributed by atoms with van der Waals surface area (Å²) in [5.74, 6) is -0.373. The van der Waals surface area contributed by atoms with Crippen LogP contribution in [0.2, 0.25) is 0 Å². The molecule has 0 spiro atoms. The number of methoxy groups -OCH3 is 2. The molecule has 1 amide bonds. The third-order valence-electron chi connectivity index (χ3n) is 4.31. The lowest BCUT2D eigenvalue weighted by Gasteiger charge is -2.10. The molecule has 0 aromatic heterocycles. The fourth-order valence-corrected chi connectivity index (χ4v) is 3.76. The van der Waals surface area contributed by atoms with E-state index in [1.165, 1.54) is 56.7 Å². The van der Waals surface area contributed by atoms with Crippen molar-refractivity contribution >= 4 is 33.3 Å². The van der Waals surface area contributed by atoms with E-state index < -0.39 is 21.9 Å². The van der Waals surface area contributed by atoms with Crippen molar-refractivity contribution in [3.05, 3.63) is 83.9 Å². The molecule has 3 aromatic carbocycles. The maximum absolute atomic E-state index is 12.5. The lowest BCUT2D eigenvalue weighted by Crippen LogP contribution is -2.14. The zero-order valence-electron chi connectivity index (χ0n) is 16.8. The summed E-state index contributed by atoms with van der Waals surface area (Å²) in [5, 5.41) is 2.68. The molecule has 0 atom stereocenters. The van der Waals surface area contributed by atoms with Crippen molar-refractivity contribution in [3.63, 3.8) is 0 Å². The Hall–Kier alpha value is -3.85. The van der Waals surface area contributed by atoms with Crippen LogP contribution in [0.15, 0.2) is 77.7 Å². The van der Waals surface area contributed by atoms with Gasteiger partial charge in [-0.25, -0.2) is 13.2 Å². The number of amides is 1. The van der Waals surface area contributed by atoms with Crippen molar-refractivity contribution in [2.24, 2.45) is 0 Å². The van der Waals surface area contributed by atoms with Gasteiger partial charge in [0.25, 0.3) is 15.9 Å². The lowest BCUT2D eigenvalue weighted by atomic mass is 10.1. The van der Waals surface area contributed by atoms with E-state index in [4.69, 9.17) is 4.74 Å². The molecule has 0 aliphatic heterocycles. The number of ether oxygens (including phenoxy) is 2. The second-order valence-corrected chi connectivity index (χ2v) is 8.07. The summed E-state index contributed by atoms with van der Waals surface area (Å²) in [6, 6.07) is 18.3. The van der Waals surface area contributed by atoms with Gasteiger partial charge in [-0.3, -0.25) is 9.52 Å². The second-order valence-electron chi connectivity index (χ2n) is 6.38. The molecule has 3 rings (SSSR count). The fraction of sp³-hybridized carbons (Fsp3) is 0.0909. The Morgan fingerprint density at radius 1 is 0.806 bits per heavy atom. The number of sulfonamides is 1. The minimum atomic E-state index is -3.79. The van der Waals surface area contributed by atoms with Crippen LogP contribution in [0, 0.1) is 0 Å². The zero-order chi connectivity index (χ0) is 22.4. The Morgan fingerprint density at radius 3 is 2.10 bits per heavy atom. The van der Waals surface area contributed by atoms with E-state index in [1.54, 1.807) is 30.3 Å². The number of carbonyl (C=O) groups is 2. The minimum Gasteiger partial charge on any atom is -0.497 e. The summed E-state index contributed by atoms with van der Waals surface area (Å²) in [7, 11) is -1.01. The first-order valence-corrected chi connectivity index (χ1v) is 10.6. The van der Waals surface area contributed by atoms with E-state index in [2.05, 4.69) is 14.8 Å². The third-order valence-corrected chi connectivity index (χ3v) is 5.71. The van der Waals surface area contributed by atoms with Crippen LogP contribution in [0.3, 0.4) is 0 Å². The third kappa shape index (κ3) is 5.40. The number of esters is 1. The molecule has 0 saturated heterocycles. The van der Waals surface area contributed by atoms with Gasteiger partial charge in [0.2, 0.25) is 0 Å². The van der Waals surface area contributed by atoms with Gasteiger partial charge in [0.1, 0.15) is 5.75 Å². The zero-order valence-corrected chi connectivity index (χ0v) is 17.6. The highest BCUT2D eigenvalue weighted by Crippen LogP contribution is 2.20. The average molecular weight is 440 g/mol. The van der Waals surface area contributed by atoms with Crippen LogP contribution in [0.5, 0.6) is 5.75 Å². The summed E-state index contributed by atoms with van der Waals surface area (Å²) in [6.45, 7) is 0. The Balaban J connectivity index is 1.69. The Bertz CT molecular complexity index is 1190. The van der Waals surface area contributed by atoms with Gasteiger partial charge in [-0.1, -0.05) is 6.07 Å². The van der Waals surface area contributed by atoms with Crippen LogP contribution < -0.4 is 14.8 Å². The predicted molar refractivity (Wildman–Crippen MR) is 116 cm³/mol. The number of carbonyl (C=O) groups excluding carboxylic acids is 2. The second kappa shape index (κ2) is 9.31. The van der Waals surface area contributed by atoms with Crippen molar-refractivity contribution in [2.45, 2.75) is 4.90 Å². The van der Waals surface area contributed by atoms with E-state index in [0.717, 1.165) is 0 Å². The average Bonchev–Trinajstić information content (AvgIpc) is 2.79. The van der Waals surface area contributed by atoms with Crippen LogP contribution >= 0.6 is 0 Å². The molecule has 0 aliphatic rings. The molecule has 0 heterocycles. The molecule has 0 saturated carbocycles. The molecule has 3 aromatic rings. The maximum atomic E-state index is 12.5. The van der Waals surface area contributed by atoms with Crippen molar-refractivity contribution in [3.8, 4) is 5.75 Å². The molecular formula is C22H20N2O6S. The number of benzene rings is 3. The van der Waals surface area contributed by atoms with Gasteiger partial charge in [0.15, 0.2) is 0 Å². The van der Waals surface area contributed by atoms with Gasteiger partial charge < -0.3 is 14.8 Å². The van der Waals surface area contributed by atoms with Gasteiger partial charge >= 0.3 is 5.97 Å². The summed E-state index contributed by atoms with van der Waals surface area (Å²) < 4.78 is 37.2. The van der Waals surface area contributed by atoms with Gasteiger partial charge in [0, 0.05) is 16.9 Å². The largest absolute Gasteiger partial charge is 0.497 e. The number of hydrogen-bond acceptors (Lipinski definition) is 6. The summed E-state index contributed by atoms with van der Waals surface area (Å²) in [4.78, 5) is 24.2.